The molecule has 0 aromatic heterocycles. The predicted octanol–water partition coefficient (Wildman–Crippen LogP) is -0.348. The monoisotopic (exact) mass is 258 g/mol. The van der Waals surface area contributed by atoms with E-state index in [1.165, 1.54) is 7.11 Å². The molecule has 17 heavy (non-hydrogen) atoms. The minimum Gasteiger partial charge on any atom is -0.396 e. The van der Waals surface area contributed by atoms with Gasteiger partial charge in [0.05, 0.1) is 25.7 Å². The van der Waals surface area contributed by atoms with Crippen LogP contribution in [0.4, 0.5) is 13.2 Å². The molecule has 0 aliphatic rings. The van der Waals surface area contributed by atoms with Gasteiger partial charge >= 0.3 is 6.18 Å². The molecule has 0 saturated heterocycles. The Bertz CT molecular complexity index is 218. The average molecular weight is 258 g/mol. The predicted molar refractivity (Wildman–Crippen MR) is 54.4 cm³/mol. The van der Waals surface area contributed by atoms with Crippen molar-refractivity contribution >= 4 is 5.91 Å². The number of halogens is 3. The minimum absolute atomic E-state index is 0.135. The smallest absolute Gasteiger partial charge is 0.396 e. The zero-order valence-electron chi connectivity index (χ0n) is 9.51. The Morgan fingerprint density at radius 3 is 2.59 bits per heavy atom. The summed E-state index contributed by atoms with van der Waals surface area (Å²) in [6.07, 6.45) is -4.05. The van der Waals surface area contributed by atoms with E-state index in [0.29, 0.717) is 6.42 Å². The van der Waals surface area contributed by atoms with Gasteiger partial charge in [0.2, 0.25) is 5.91 Å². The first-order valence-electron chi connectivity index (χ1n) is 5.05. The lowest BCUT2D eigenvalue weighted by Crippen LogP contribution is -2.44. The number of hydrogen-bond acceptors (Lipinski definition) is 4. The lowest BCUT2D eigenvalue weighted by molar-refractivity contribution is -0.128. The number of aliphatic hydroxyl groups excluding tert-OH is 1. The summed E-state index contributed by atoms with van der Waals surface area (Å²) in [5.41, 5.74) is 0. The minimum atomic E-state index is -4.34. The number of amides is 1. The number of alkyl halides is 3. The highest BCUT2D eigenvalue weighted by Gasteiger charge is 2.26. The molecular weight excluding hydrogens is 241 g/mol. The van der Waals surface area contributed by atoms with Gasteiger partial charge in [-0.2, -0.15) is 13.2 Å². The van der Waals surface area contributed by atoms with Crippen molar-refractivity contribution in [3.63, 3.8) is 0 Å². The molecule has 8 heteroatoms. The first-order valence-corrected chi connectivity index (χ1v) is 5.05. The molecule has 0 spiro atoms. The molecule has 1 atom stereocenters. The molecule has 1 amide bonds. The number of rotatable bonds is 8. The van der Waals surface area contributed by atoms with Crippen LogP contribution in [-0.4, -0.2) is 56.6 Å². The number of ether oxygens (including phenoxy) is 1. The lowest BCUT2D eigenvalue weighted by Gasteiger charge is -2.17. The first-order chi connectivity index (χ1) is 7.89. The number of methoxy groups -OCH3 is 1. The van der Waals surface area contributed by atoms with Gasteiger partial charge in [-0.3, -0.25) is 4.79 Å². The fourth-order valence-electron chi connectivity index (χ4n) is 1.15. The zero-order valence-corrected chi connectivity index (χ0v) is 9.51. The van der Waals surface area contributed by atoms with Crippen LogP contribution in [0.1, 0.15) is 6.42 Å². The molecule has 0 aliphatic carbocycles. The summed E-state index contributed by atoms with van der Waals surface area (Å²) < 4.78 is 40.1. The van der Waals surface area contributed by atoms with Crippen molar-refractivity contribution in [1.29, 1.82) is 0 Å². The molecular formula is C9H17F3N2O3. The van der Waals surface area contributed by atoms with Crippen LogP contribution in [0, 0.1) is 0 Å². The van der Waals surface area contributed by atoms with E-state index in [1.807, 2.05) is 5.32 Å². The Labute approximate surface area is 97.3 Å². The molecule has 0 radical (unpaired) electrons. The standard InChI is InChI=1S/C9H17F3N2O3/c1-17-5-7(2-3-15)14-8(16)4-13-6-9(10,11)12/h7,13,15H,2-6H2,1H3,(H,14,16). The lowest BCUT2D eigenvalue weighted by atomic mass is 10.2. The SMILES string of the molecule is COCC(CCO)NC(=O)CNCC(F)(F)F. The van der Waals surface area contributed by atoms with Crippen LogP contribution < -0.4 is 10.6 Å². The molecule has 0 heterocycles. The van der Waals surface area contributed by atoms with E-state index in [-0.39, 0.29) is 13.2 Å². The maximum atomic E-state index is 11.8. The molecule has 102 valence electrons. The van der Waals surface area contributed by atoms with Crippen LogP contribution >= 0.6 is 0 Å². The molecule has 0 aliphatic heterocycles. The van der Waals surface area contributed by atoms with Crippen molar-refractivity contribution < 1.29 is 27.8 Å². The van der Waals surface area contributed by atoms with Gasteiger partial charge in [-0.1, -0.05) is 0 Å². The Morgan fingerprint density at radius 2 is 2.12 bits per heavy atom. The second kappa shape index (κ2) is 8.26. The average Bonchev–Trinajstić information content (AvgIpc) is 2.16. The molecule has 0 saturated carbocycles. The molecule has 5 nitrogen and oxygen atoms in total. The van der Waals surface area contributed by atoms with Crippen molar-refractivity contribution in [3.05, 3.63) is 0 Å². The summed E-state index contributed by atoms with van der Waals surface area (Å²) in [6, 6.07) is -0.398. The largest absolute Gasteiger partial charge is 0.401 e. The first kappa shape index (κ1) is 16.1. The van der Waals surface area contributed by atoms with Crippen LogP contribution in [-0.2, 0) is 9.53 Å². The fraction of sp³-hybridized carbons (Fsp3) is 0.889. The van der Waals surface area contributed by atoms with Gasteiger partial charge in [-0.05, 0) is 6.42 Å². The fourth-order valence-corrected chi connectivity index (χ4v) is 1.15. The number of nitrogens with one attached hydrogen (secondary N) is 2. The van der Waals surface area contributed by atoms with Crippen molar-refractivity contribution in [2.45, 2.75) is 18.6 Å². The molecule has 0 aromatic carbocycles. The van der Waals surface area contributed by atoms with Crippen LogP contribution in [0.5, 0.6) is 0 Å². The maximum Gasteiger partial charge on any atom is 0.401 e. The Balaban J connectivity index is 3.81. The van der Waals surface area contributed by atoms with Crippen molar-refractivity contribution in [2.75, 3.05) is 33.4 Å². The van der Waals surface area contributed by atoms with Gasteiger partial charge in [0.1, 0.15) is 0 Å². The van der Waals surface area contributed by atoms with E-state index in [2.05, 4.69) is 5.32 Å². The summed E-state index contributed by atoms with van der Waals surface area (Å²) in [6.45, 7) is -1.57. The summed E-state index contributed by atoms with van der Waals surface area (Å²) >= 11 is 0. The number of carbonyl (C=O) groups excluding carboxylic acids is 1. The second-order valence-corrected chi connectivity index (χ2v) is 3.45. The van der Waals surface area contributed by atoms with Crippen molar-refractivity contribution in [3.8, 4) is 0 Å². The van der Waals surface area contributed by atoms with Crippen LogP contribution in [0.15, 0.2) is 0 Å². The third kappa shape index (κ3) is 10.0. The number of aliphatic hydroxyl groups is 1. The van der Waals surface area contributed by atoms with E-state index in [9.17, 15) is 18.0 Å². The van der Waals surface area contributed by atoms with Crippen LogP contribution in [0.2, 0.25) is 0 Å². The molecule has 0 aromatic rings. The topological polar surface area (TPSA) is 70.6 Å². The quantitative estimate of drug-likeness (QED) is 0.556. The van der Waals surface area contributed by atoms with Crippen molar-refractivity contribution in [2.24, 2.45) is 0 Å². The Hall–Kier alpha value is -0.860. The molecule has 3 N–H and O–H groups in total. The zero-order chi connectivity index (χ0) is 13.3. The van der Waals surface area contributed by atoms with Gasteiger partial charge in [-0.15, -0.1) is 0 Å². The third-order valence-corrected chi connectivity index (χ3v) is 1.82. The summed E-state index contributed by atoms with van der Waals surface area (Å²) in [4.78, 5) is 11.2. The van der Waals surface area contributed by atoms with E-state index in [1.54, 1.807) is 0 Å². The van der Waals surface area contributed by atoms with Gasteiger partial charge in [-0.25, -0.2) is 0 Å². The Morgan fingerprint density at radius 1 is 1.47 bits per heavy atom. The van der Waals surface area contributed by atoms with E-state index in [4.69, 9.17) is 9.84 Å². The summed E-state index contributed by atoms with van der Waals surface area (Å²) in [7, 11) is 1.43. The maximum absolute atomic E-state index is 11.8. The highest BCUT2D eigenvalue weighted by molar-refractivity contribution is 5.78. The van der Waals surface area contributed by atoms with E-state index < -0.39 is 31.2 Å². The Kier molecular flexibility index (Phi) is 7.85. The molecule has 1 unspecified atom stereocenters. The summed E-state index contributed by atoms with van der Waals surface area (Å²) in [5, 5.41) is 13.1. The second-order valence-electron chi connectivity index (χ2n) is 3.45. The highest BCUT2D eigenvalue weighted by Crippen LogP contribution is 2.11. The van der Waals surface area contributed by atoms with Gasteiger partial charge in [0, 0.05) is 13.7 Å². The summed E-state index contributed by atoms with van der Waals surface area (Å²) in [5.74, 6) is -0.565. The van der Waals surface area contributed by atoms with Crippen LogP contribution in [0.25, 0.3) is 0 Å². The van der Waals surface area contributed by atoms with Gasteiger partial charge < -0.3 is 20.5 Å². The normalized spacial score (nSPS) is 13.5. The van der Waals surface area contributed by atoms with Gasteiger partial charge in [0.25, 0.3) is 0 Å². The molecule has 0 bridgehead atoms. The number of hydrogen-bond donors (Lipinski definition) is 3. The highest BCUT2D eigenvalue weighted by atomic mass is 19.4. The van der Waals surface area contributed by atoms with Crippen LogP contribution in [0.3, 0.4) is 0 Å². The molecule has 0 fully saturated rings. The van der Waals surface area contributed by atoms with E-state index >= 15 is 0 Å². The number of carbonyl (C=O) groups is 1. The van der Waals surface area contributed by atoms with Crippen molar-refractivity contribution in [1.82, 2.24) is 10.6 Å². The van der Waals surface area contributed by atoms with E-state index in [0.717, 1.165) is 0 Å². The third-order valence-electron chi connectivity index (χ3n) is 1.82. The molecule has 0 rings (SSSR count). The van der Waals surface area contributed by atoms with Gasteiger partial charge in [0.15, 0.2) is 0 Å².